The van der Waals surface area contributed by atoms with E-state index in [9.17, 15) is 0 Å². The Bertz CT molecular complexity index is 509. The van der Waals surface area contributed by atoms with E-state index in [0.29, 0.717) is 0 Å². The third kappa shape index (κ3) is 3.32. The molecule has 0 radical (unpaired) electrons. The number of aromatic nitrogens is 1. The molecule has 2 rings (SSSR count). The van der Waals surface area contributed by atoms with Crippen LogP contribution in [-0.4, -0.2) is 4.98 Å². The lowest BCUT2D eigenvalue weighted by molar-refractivity contribution is 0.808. The second kappa shape index (κ2) is 5.34. The Hall–Kier alpha value is -1.32. The maximum Gasteiger partial charge on any atom is 0.101 e. The van der Waals surface area contributed by atoms with Gasteiger partial charge in [0.05, 0.1) is 0 Å². The van der Waals surface area contributed by atoms with E-state index in [1.807, 2.05) is 19.2 Å². The molecule has 0 aliphatic carbocycles. The average Bonchev–Trinajstić information content (AvgIpc) is 2.29. The fourth-order valence-corrected chi connectivity index (χ4v) is 2.50. The van der Waals surface area contributed by atoms with Crippen LogP contribution < -0.4 is 5.73 Å². The van der Waals surface area contributed by atoms with Crippen LogP contribution in [0.5, 0.6) is 0 Å². The molecule has 3 heteroatoms. The molecule has 2 aromatic rings. The highest BCUT2D eigenvalue weighted by atomic mass is 32.2. The summed E-state index contributed by atoms with van der Waals surface area (Å²) in [7, 11) is 0. The summed E-state index contributed by atoms with van der Waals surface area (Å²) in [5.41, 5.74) is 8.25. The molecule has 1 unspecified atom stereocenters. The summed E-state index contributed by atoms with van der Waals surface area (Å²) >= 11 is 1.67. The lowest BCUT2D eigenvalue weighted by Crippen LogP contribution is -2.04. The van der Waals surface area contributed by atoms with E-state index < -0.39 is 0 Å². The number of hydrogen-bond donors (Lipinski definition) is 1. The van der Waals surface area contributed by atoms with Gasteiger partial charge < -0.3 is 5.73 Å². The molecule has 2 N–H and O–H groups in total. The highest BCUT2D eigenvalue weighted by Gasteiger charge is 2.03. The molecule has 0 amide bonds. The van der Waals surface area contributed by atoms with Gasteiger partial charge in [-0.1, -0.05) is 29.5 Å². The first-order chi connectivity index (χ1) is 8.15. The minimum atomic E-state index is 0.0508. The van der Waals surface area contributed by atoms with Gasteiger partial charge in [-0.2, -0.15) is 0 Å². The maximum absolute atomic E-state index is 5.86. The highest BCUT2D eigenvalue weighted by Crippen LogP contribution is 2.27. The van der Waals surface area contributed by atoms with Crippen LogP contribution in [0.3, 0.4) is 0 Å². The van der Waals surface area contributed by atoms with Gasteiger partial charge in [0, 0.05) is 17.1 Å². The van der Waals surface area contributed by atoms with Crippen LogP contribution in [0.25, 0.3) is 0 Å². The molecule has 2 nitrogen and oxygen atoms in total. The molecule has 17 heavy (non-hydrogen) atoms. The number of benzene rings is 1. The molecule has 1 aromatic carbocycles. The van der Waals surface area contributed by atoms with E-state index in [2.05, 4.69) is 42.2 Å². The van der Waals surface area contributed by atoms with E-state index in [1.54, 1.807) is 11.8 Å². The standard InChI is InChI=1S/C14H16N2S/c1-10-4-3-5-13(8-10)17-14-9-12(11(2)15)6-7-16-14/h3-9,11H,15H2,1-2H3. The first kappa shape index (κ1) is 12.1. The van der Waals surface area contributed by atoms with Gasteiger partial charge in [0.15, 0.2) is 0 Å². The predicted molar refractivity (Wildman–Crippen MR) is 72.1 cm³/mol. The monoisotopic (exact) mass is 244 g/mol. The fourth-order valence-electron chi connectivity index (χ4n) is 1.56. The summed E-state index contributed by atoms with van der Waals surface area (Å²) in [4.78, 5) is 5.56. The fraction of sp³-hybridized carbons (Fsp3) is 0.214. The van der Waals surface area contributed by atoms with Crippen molar-refractivity contribution < 1.29 is 0 Å². The zero-order valence-electron chi connectivity index (χ0n) is 10.1. The first-order valence-corrected chi connectivity index (χ1v) is 6.43. The lowest BCUT2D eigenvalue weighted by atomic mass is 10.1. The molecule has 0 bridgehead atoms. The van der Waals surface area contributed by atoms with Gasteiger partial charge in [-0.3, -0.25) is 0 Å². The topological polar surface area (TPSA) is 38.9 Å². The number of nitrogens with two attached hydrogens (primary N) is 1. The summed E-state index contributed by atoms with van der Waals surface area (Å²) < 4.78 is 0. The van der Waals surface area contributed by atoms with E-state index >= 15 is 0 Å². The Morgan fingerprint density at radius 1 is 1.24 bits per heavy atom. The SMILES string of the molecule is Cc1cccc(Sc2cc(C(C)N)ccn2)c1. The zero-order chi connectivity index (χ0) is 12.3. The molecular formula is C14H16N2S. The van der Waals surface area contributed by atoms with Crippen LogP contribution in [0.1, 0.15) is 24.1 Å². The van der Waals surface area contributed by atoms with Gasteiger partial charge in [0.1, 0.15) is 5.03 Å². The largest absolute Gasteiger partial charge is 0.324 e. The molecule has 1 atom stereocenters. The minimum Gasteiger partial charge on any atom is -0.324 e. The third-order valence-corrected chi connectivity index (χ3v) is 3.42. The summed E-state index contributed by atoms with van der Waals surface area (Å²) in [6, 6.07) is 12.5. The third-order valence-electron chi connectivity index (χ3n) is 2.50. The zero-order valence-corrected chi connectivity index (χ0v) is 10.9. The Balaban J connectivity index is 2.21. The Morgan fingerprint density at radius 2 is 2.06 bits per heavy atom. The number of hydrogen-bond acceptors (Lipinski definition) is 3. The van der Waals surface area contributed by atoms with Crippen LogP contribution in [-0.2, 0) is 0 Å². The highest BCUT2D eigenvalue weighted by molar-refractivity contribution is 7.99. The van der Waals surface area contributed by atoms with Gasteiger partial charge in [-0.25, -0.2) is 4.98 Å². The van der Waals surface area contributed by atoms with E-state index in [0.717, 1.165) is 10.6 Å². The summed E-state index contributed by atoms with van der Waals surface area (Å²) in [6.45, 7) is 4.08. The van der Waals surface area contributed by atoms with Crippen LogP contribution in [0.15, 0.2) is 52.5 Å². The summed E-state index contributed by atoms with van der Waals surface area (Å²) in [5, 5.41) is 0.991. The molecule has 0 fully saturated rings. The van der Waals surface area contributed by atoms with Crippen molar-refractivity contribution >= 4 is 11.8 Å². The molecule has 1 aromatic heterocycles. The van der Waals surface area contributed by atoms with Gasteiger partial charge >= 0.3 is 0 Å². The van der Waals surface area contributed by atoms with Crippen LogP contribution in [0.2, 0.25) is 0 Å². The van der Waals surface area contributed by atoms with Gasteiger partial charge in [0.2, 0.25) is 0 Å². The molecule has 0 spiro atoms. The Labute approximate surface area is 106 Å². The van der Waals surface area contributed by atoms with Crippen molar-refractivity contribution in [1.82, 2.24) is 4.98 Å². The van der Waals surface area contributed by atoms with Crippen molar-refractivity contribution in [2.75, 3.05) is 0 Å². The van der Waals surface area contributed by atoms with Crippen molar-refractivity contribution in [3.8, 4) is 0 Å². The second-order valence-corrected chi connectivity index (χ2v) is 5.23. The second-order valence-electron chi connectivity index (χ2n) is 4.13. The molecular weight excluding hydrogens is 228 g/mol. The van der Waals surface area contributed by atoms with Crippen molar-refractivity contribution in [1.29, 1.82) is 0 Å². The number of nitrogens with zero attached hydrogens (tertiary/aromatic N) is 1. The van der Waals surface area contributed by atoms with Crippen LogP contribution >= 0.6 is 11.8 Å². The molecule has 0 aliphatic rings. The van der Waals surface area contributed by atoms with E-state index in [-0.39, 0.29) is 6.04 Å². The molecule has 0 aliphatic heterocycles. The molecule has 0 saturated heterocycles. The Kier molecular flexibility index (Phi) is 3.82. The van der Waals surface area contributed by atoms with Gasteiger partial charge in [-0.05, 0) is 43.7 Å². The van der Waals surface area contributed by atoms with E-state index in [4.69, 9.17) is 5.73 Å². The smallest absolute Gasteiger partial charge is 0.101 e. The number of pyridine rings is 1. The number of aryl methyl sites for hydroxylation is 1. The van der Waals surface area contributed by atoms with Gasteiger partial charge in [-0.15, -0.1) is 0 Å². The predicted octanol–water partition coefficient (Wildman–Crippen LogP) is 3.56. The van der Waals surface area contributed by atoms with Crippen molar-refractivity contribution in [3.05, 3.63) is 53.7 Å². The molecule has 88 valence electrons. The van der Waals surface area contributed by atoms with Crippen molar-refractivity contribution in [2.24, 2.45) is 5.73 Å². The van der Waals surface area contributed by atoms with E-state index in [1.165, 1.54) is 10.5 Å². The van der Waals surface area contributed by atoms with Crippen LogP contribution in [0, 0.1) is 6.92 Å². The van der Waals surface area contributed by atoms with Crippen molar-refractivity contribution in [3.63, 3.8) is 0 Å². The summed E-state index contributed by atoms with van der Waals surface area (Å²) in [6.07, 6.45) is 1.82. The Morgan fingerprint density at radius 3 is 2.76 bits per heavy atom. The average molecular weight is 244 g/mol. The summed E-state index contributed by atoms with van der Waals surface area (Å²) in [5.74, 6) is 0. The first-order valence-electron chi connectivity index (χ1n) is 5.61. The quantitative estimate of drug-likeness (QED) is 0.897. The van der Waals surface area contributed by atoms with Crippen molar-refractivity contribution in [2.45, 2.75) is 29.8 Å². The number of rotatable bonds is 3. The normalized spacial score (nSPS) is 12.4. The minimum absolute atomic E-state index is 0.0508. The molecule has 1 heterocycles. The maximum atomic E-state index is 5.86. The lowest BCUT2D eigenvalue weighted by Gasteiger charge is -2.07. The molecule has 0 saturated carbocycles. The van der Waals surface area contributed by atoms with Crippen LogP contribution in [0.4, 0.5) is 0 Å². The van der Waals surface area contributed by atoms with Gasteiger partial charge in [0.25, 0.3) is 0 Å².